The van der Waals surface area contributed by atoms with Crippen LogP contribution in [0.1, 0.15) is 40.5 Å². The molecule has 1 saturated heterocycles. The average molecular weight is 290 g/mol. The lowest BCUT2D eigenvalue weighted by Gasteiger charge is -2.34. The van der Waals surface area contributed by atoms with E-state index in [4.69, 9.17) is 0 Å². The molecule has 1 aliphatic heterocycles. The maximum Gasteiger partial charge on any atom is 0.151 e. The van der Waals surface area contributed by atoms with Crippen LogP contribution in [-0.4, -0.2) is 57.0 Å². The van der Waals surface area contributed by atoms with Crippen LogP contribution in [0.3, 0.4) is 0 Å². The molecule has 2 atom stereocenters. The van der Waals surface area contributed by atoms with Crippen LogP contribution in [0.15, 0.2) is 0 Å². The molecule has 0 aromatic rings. The highest BCUT2D eigenvalue weighted by Gasteiger charge is 2.31. The van der Waals surface area contributed by atoms with E-state index in [1.165, 1.54) is 0 Å². The molecule has 0 amide bonds. The van der Waals surface area contributed by atoms with Crippen molar-refractivity contribution < 1.29 is 8.42 Å². The Morgan fingerprint density at radius 1 is 1.37 bits per heavy atom. The van der Waals surface area contributed by atoms with Crippen molar-refractivity contribution in [3.63, 3.8) is 0 Å². The molecule has 1 aliphatic rings. The molecule has 1 rings (SSSR count). The summed E-state index contributed by atoms with van der Waals surface area (Å²) in [5, 5.41) is 3.54. The van der Waals surface area contributed by atoms with Crippen molar-refractivity contribution in [2.45, 2.75) is 52.6 Å². The van der Waals surface area contributed by atoms with Gasteiger partial charge >= 0.3 is 0 Å². The topological polar surface area (TPSA) is 49.4 Å². The minimum atomic E-state index is -2.77. The molecule has 0 radical (unpaired) electrons. The average Bonchev–Trinajstić information content (AvgIpc) is 2.63. The lowest BCUT2D eigenvalue weighted by molar-refractivity contribution is 0.200. The van der Waals surface area contributed by atoms with Gasteiger partial charge in [-0.3, -0.25) is 0 Å². The van der Waals surface area contributed by atoms with Crippen molar-refractivity contribution in [1.82, 2.24) is 10.2 Å². The van der Waals surface area contributed by atoms with Gasteiger partial charge in [0, 0.05) is 12.1 Å². The van der Waals surface area contributed by atoms with Crippen molar-refractivity contribution in [2.75, 3.05) is 31.6 Å². The minimum Gasteiger partial charge on any atom is -0.314 e. The smallest absolute Gasteiger partial charge is 0.151 e. The molecule has 2 unspecified atom stereocenters. The highest BCUT2D eigenvalue weighted by atomic mass is 32.2. The molecule has 114 valence electrons. The summed E-state index contributed by atoms with van der Waals surface area (Å²) in [7, 11) is -0.722. The van der Waals surface area contributed by atoms with E-state index in [1.54, 1.807) is 0 Å². The molecule has 0 aromatic carbocycles. The Balaban J connectivity index is 2.46. The van der Waals surface area contributed by atoms with Crippen LogP contribution in [0, 0.1) is 5.41 Å². The fourth-order valence-electron chi connectivity index (χ4n) is 2.73. The molecule has 1 heterocycles. The van der Waals surface area contributed by atoms with E-state index >= 15 is 0 Å². The second kappa shape index (κ2) is 6.55. The molecule has 1 N–H and O–H groups in total. The van der Waals surface area contributed by atoms with Crippen LogP contribution in [0.4, 0.5) is 0 Å². The zero-order valence-electron chi connectivity index (χ0n) is 13.1. The van der Waals surface area contributed by atoms with Gasteiger partial charge < -0.3 is 10.2 Å². The Morgan fingerprint density at radius 2 is 2.00 bits per heavy atom. The standard InChI is InChI=1S/C14H30N2O2S/c1-6-15-13(14(2,3)4)7-9-16(5)12-8-10-19(17,18)11-12/h12-13,15H,6-11H2,1-5H3. The number of sulfone groups is 1. The lowest BCUT2D eigenvalue weighted by atomic mass is 9.84. The summed E-state index contributed by atoms with van der Waals surface area (Å²) < 4.78 is 23.0. The molecular weight excluding hydrogens is 260 g/mol. The highest BCUT2D eigenvalue weighted by molar-refractivity contribution is 7.91. The molecule has 0 aromatic heterocycles. The van der Waals surface area contributed by atoms with Gasteiger partial charge in [-0.2, -0.15) is 0 Å². The van der Waals surface area contributed by atoms with Crippen LogP contribution >= 0.6 is 0 Å². The fraction of sp³-hybridized carbons (Fsp3) is 1.00. The summed E-state index contributed by atoms with van der Waals surface area (Å²) in [6.45, 7) is 10.8. The van der Waals surface area contributed by atoms with E-state index in [9.17, 15) is 8.42 Å². The Hall–Kier alpha value is -0.130. The SMILES string of the molecule is CCNC(CCN(C)C1CCS(=O)(=O)C1)C(C)(C)C. The highest BCUT2D eigenvalue weighted by Crippen LogP contribution is 2.23. The summed E-state index contributed by atoms with van der Waals surface area (Å²) in [4.78, 5) is 2.22. The summed E-state index contributed by atoms with van der Waals surface area (Å²) in [6.07, 6.45) is 1.85. The minimum absolute atomic E-state index is 0.215. The molecule has 4 nitrogen and oxygen atoms in total. The van der Waals surface area contributed by atoms with Crippen molar-refractivity contribution in [3.05, 3.63) is 0 Å². The van der Waals surface area contributed by atoms with Crippen molar-refractivity contribution in [1.29, 1.82) is 0 Å². The van der Waals surface area contributed by atoms with Gasteiger partial charge in [0.05, 0.1) is 11.5 Å². The fourth-order valence-corrected chi connectivity index (χ4v) is 4.53. The van der Waals surface area contributed by atoms with Crippen molar-refractivity contribution in [3.8, 4) is 0 Å². The summed E-state index contributed by atoms with van der Waals surface area (Å²) >= 11 is 0. The molecule has 0 bridgehead atoms. The van der Waals surface area contributed by atoms with E-state index in [0.29, 0.717) is 17.5 Å². The first kappa shape index (κ1) is 16.9. The van der Waals surface area contributed by atoms with E-state index in [-0.39, 0.29) is 11.5 Å². The Morgan fingerprint density at radius 3 is 2.42 bits per heavy atom. The molecule has 1 fully saturated rings. The van der Waals surface area contributed by atoms with Gasteiger partial charge in [-0.25, -0.2) is 8.42 Å². The predicted molar refractivity (Wildman–Crippen MR) is 81.2 cm³/mol. The van der Waals surface area contributed by atoms with Gasteiger partial charge in [-0.05, 0) is 38.4 Å². The lowest BCUT2D eigenvalue weighted by Crippen LogP contribution is -2.44. The molecular formula is C14H30N2O2S. The molecule has 19 heavy (non-hydrogen) atoms. The van der Waals surface area contributed by atoms with Gasteiger partial charge in [0.15, 0.2) is 9.84 Å². The number of hydrogen-bond donors (Lipinski definition) is 1. The van der Waals surface area contributed by atoms with Crippen LogP contribution in [-0.2, 0) is 9.84 Å². The van der Waals surface area contributed by atoms with Gasteiger partial charge in [-0.15, -0.1) is 0 Å². The first-order chi connectivity index (χ1) is 8.65. The van der Waals surface area contributed by atoms with Gasteiger partial charge in [-0.1, -0.05) is 27.7 Å². The zero-order chi connectivity index (χ0) is 14.7. The second-order valence-corrected chi connectivity index (χ2v) is 9.03. The second-order valence-electron chi connectivity index (χ2n) is 6.80. The number of nitrogens with zero attached hydrogens (tertiary/aromatic N) is 1. The van der Waals surface area contributed by atoms with Gasteiger partial charge in [0.25, 0.3) is 0 Å². The normalized spacial score (nSPS) is 24.8. The third-order valence-electron chi connectivity index (χ3n) is 4.10. The van der Waals surface area contributed by atoms with E-state index < -0.39 is 9.84 Å². The largest absolute Gasteiger partial charge is 0.314 e. The molecule has 0 saturated carbocycles. The quantitative estimate of drug-likeness (QED) is 0.806. The molecule has 0 aliphatic carbocycles. The third kappa shape index (κ3) is 5.40. The van der Waals surface area contributed by atoms with Gasteiger partial charge in [0.1, 0.15) is 0 Å². The predicted octanol–water partition coefficient (Wildman–Crippen LogP) is 1.52. The third-order valence-corrected chi connectivity index (χ3v) is 5.85. The van der Waals surface area contributed by atoms with Crippen LogP contribution < -0.4 is 5.32 Å². The van der Waals surface area contributed by atoms with E-state index in [0.717, 1.165) is 25.9 Å². The Kier molecular flexibility index (Phi) is 5.83. The van der Waals surface area contributed by atoms with Crippen LogP contribution in [0.2, 0.25) is 0 Å². The Labute approximate surface area is 118 Å². The van der Waals surface area contributed by atoms with Crippen LogP contribution in [0.5, 0.6) is 0 Å². The molecule has 5 heteroatoms. The summed E-state index contributed by atoms with van der Waals surface area (Å²) in [5.41, 5.74) is 0.235. The summed E-state index contributed by atoms with van der Waals surface area (Å²) in [6, 6.07) is 0.685. The summed E-state index contributed by atoms with van der Waals surface area (Å²) in [5.74, 6) is 0.697. The number of rotatable bonds is 6. The molecule has 0 spiro atoms. The first-order valence-corrected chi connectivity index (χ1v) is 9.12. The maximum absolute atomic E-state index is 11.5. The van der Waals surface area contributed by atoms with Crippen LogP contribution in [0.25, 0.3) is 0 Å². The monoisotopic (exact) mass is 290 g/mol. The van der Waals surface area contributed by atoms with Crippen molar-refractivity contribution >= 4 is 9.84 Å². The van der Waals surface area contributed by atoms with E-state index in [1.807, 2.05) is 0 Å². The van der Waals surface area contributed by atoms with E-state index in [2.05, 4.69) is 45.0 Å². The Bertz CT molecular complexity index is 373. The number of hydrogen-bond acceptors (Lipinski definition) is 4. The maximum atomic E-state index is 11.5. The first-order valence-electron chi connectivity index (χ1n) is 7.30. The zero-order valence-corrected chi connectivity index (χ0v) is 13.9. The van der Waals surface area contributed by atoms with Crippen molar-refractivity contribution in [2.24, 2.45) is 5.41 Å². The van der Waals surface area contributed by atoms with Gasteiger partial charge in [0.2, 0.25) is 0 Å². The number of nitrogens with one attached hydrogen (secondary N) is 1.